The number of ether oxygens (including phenoxy) is 4. The van der Waals surface area contributed by atoms with Crippen LogP contribution in [0.5, 0.6) is 0 Å². The molecule has 0 bridgehead atoms. The summed E-state index contributed by atoms with van der Waals surface area (Å²) in [4.78, 5) is 73.0. The summed E-state index contributed by atoms with van der Waals surface area (Å²) in [6.45, 7) is 4.42. The number of esters is 4. The lowest BCUT2D eigenvalue weighted by Crippen LogP contribution is -2.30. The van der Waals surface area contributed by atoms with Crippen molar-refractivity contribution < 1.29 is 80.2 Å². The van der Waals surface area contributed by atoms with Crippen LogP contribution in [0.25, 0.3) is 0 Å². The zero-order valence-corrected chi connectivity index (χ0v) is 66.4. The summed E-state index contributed by atoms with van der Waals surface area (Å²) < 4.78 is 68.4. The van der Waals surface area contributed by atoms with Gasteiger partial charge in [0, 0.05) is 19.3 Å². The Morgan fingerprint density at radius 3 is 0.856 bits per heavy atom. The second-order valence-electron chi connectivity index (χ2n) is 25.9. The number of aliphatic hydroxyl groups excluding tert-OH is 1. The summed E-state index contributed by atoms with van der Waals surface area (Å²) in [5, 5.41) is 10.6. The van der Waals surface area contributed by atoms with Crippen molar-refractivity contribution in [2.75, 3.05) is 39.6 Å². The first-order valence-electron chi connectivity index (χ1n) is 39.7. The predicted molar refractivity (Wildman–Crippen MR) is 427 cm³/mol. The van der Waals surface area contributed by atoms with Gasteiger partial charge in [0.15, 0.2) is 12.2 Å². The minimum Gasteiger partial charge on any atom is -0.462 e. The van der Waals surface area contributed by atoms with Crippen LogP contribution in [-0.2, 0) is 65.4 Å². The van der Waals surface area contributed by atoms with E-state index in [1.807, 2.05) is 18.2 Å². The normalized spacial score (nSPS) is 14.7. The van der Waals surface area contributed by atoms with E-state index in [2.05, 4.69) is 161 Å². The van der Waals surface area contributed by atoms with Gasteiger partial charge in [-0.25, -0.2) is 9.13 Å². The smallest absolute Gasteiger partial charge is 0.462 e. The Kier molecular flexibility index (Phi) is 72.0. The van der Waals surface area contributed by atoms with Crippen LogP contribution in [0.2, 0.25) is 0 Å². The molecule has 104 heavy (non-hydrogen) atoms. The minimum absolute atomic E-state index is 0.0505. The van der Waals surface area contributed by atoms with Crippen molar-refractivity contribution in [3.8, 4) is 0 Å². The number of aliphatic hydroxyl groups is 1. The maximum Gasteiger partial charge on any atom is 0.472 e. The van der Waals surface area contributed by atoms with Gasteiger partial charge in [-0.3, -0.25) is 37.3 Å². The molecule has 0 aromatic heterocycles. The molecule has 0 aliphatic heterocycles. The second-order valence-corrected chi connectivity index (χ2v) is 28.8. The lowest BCUT2D eigenvalue weighted by molar-refractivity contribution is -0.161. The van der Waals surface area contributed by atoms with E-state index in [4.69, 9.17) is 37.0 Å². The van der Waals surface area contributed by atoms with Gasteiger partial charge in [0.25, 0.3) is 0 Å². The molecule has 5 atom stereocenters. The van der Waals surface area contributed by atoms with E-state index in [9.17, 15) is 43.2 Å². The SMILES string of the molecule is CC/C=C\C/C=C\C/C=C\C/C=C\C/C=C\CC(=O)OCC(COP(=O)(O)OCC(O)COP(=O)(O)OCC(COC(=O)CCCCCCCC/C=C\C/C=C\C/C=C\CCCCC)OC(=O)CCCCCCC/C=C\C/C=C\CCCCC)OC(=O)CCCCCCC/C=C\C/C=C\C/C=C\CC. The van der Waals surface area contributed by atoms with Crippen molar-refractivity contribution in [3.63, 3.8) is 0 Å². The first kappa shape index (κ1) is 98.7. The van der Waals surface area contributed by atoms with Crippen LogP contribution in [0.1, 0.15) is 297 Å². The number of phosphoric ester groups is 2. The van der Waals surface area contributed by atoms with Gasteiger partial charge in [-0.2, -0.15) is 0 Å². The van der Waals surface area contributed by atoms with Crippen molar-refractivity contribution in [1.29, 1.82) is 0 Å². The van der Waals surface area contributed by atoms with Gasteiger partial charge in [0.05, 0.1) is 32.8 Å². The number of rotatable bonds is 73. The Balaban J connectivity index is 5.46. The summed E-state index contributed by atoms with van der Waals surface area (Å²) >= 11 is 0. The lowest BCUT2D eigenvalue weighted by atomic mass is 10.1. The first-order chi connectivity index (χ1) is 50.7. The Hall–Kier alpha value is -5.32. The first-order valence-corrected chi connectivity index (χ1v) is 42.7. The van der Waals surface area contributed by atoms with E-state index in [0.29, 0.717) is 25.7 Å². The molecular weight excluding hydrogens is 1350 g/mol. The van der Waals surface area contributed by atoms with Crippen molar-refractivity contribution in [3.05, 3.63) is 158 Å². The molecule has 19 heteroatoms. The third-order valence-corrected chi connectivity index (χ3v) is 17.9. The van der Waals surface area contributed by atoms with Gasteiger partial charge in [0.1, 0.15) is 19.3 Å². The largest absolute Gasteiger partial charge is 0.472 e. The van der Waals surface area contributed by atoms with Crippen LogP contribution in [0, 0.1) is 0 Å². The van der Waals surface area contributed by atoms with E-state index in [1.165, 1.54) is 38.5 Å². The highest BCUT2D eigenvalue weighted by atomic mass is 31.2. The molecule has 0 aromatic carbocycles. The molecule has 592 valence electrons. The van der Waals surface area contributed by atoms with Crippen LogP contribution in [0.3, 0.4) is 0 Å². The zero-order valence-electron chi connectivity index (χ0n) is 64.6. The number of phosphoric acid groups is 2. The Morgan fingerprint density at radius 1 is 0.288 bits per heavy atom. The summed E-state index contributed by atoms with van der Waals surface area (Å²) in [5.74, 6) is -2.38. The molecule has 3 N–H and O–H groups in total. The summed E-state index contributed by atoms with van der Waals surface area (Å²) in [5.41, 5.74) is 0. The molecule has 0 heterocycles. The molecule has 0 fully saturated rings. The summed E-state index contributed by atoms with van der Waals surface area (Å²) in [6, 6.07) is 0. The third kappa shape index (κ3) is 74.9. The molecule has 0 aliphatic rings. The van der Waals surface area contributed by atoms with E-state index >= 15 is 0 Å². The average molecular weight is 1500 g/mol. The van der Waals surface area contributed by atoms with Crippen LogP contribution >= 0.6 is 15.6 Å². The standard InChI is InChI=1S/C85H140O17P2/c1-5-9-13-17-21-25-29-33-37-38-39-40-44-46-50-54-58-62-66-70-83(88)96-76-81(102-85(90)72-68-64-60-56-52-48-43-36-32-28-24-20-16-12-8-4)78-100-104(93,94)98-74-79(86)73-97-103(91,92)99-77-80(101-84(89)71-67-63-59-55-51-47-42-35-31-27-23-19-15-11-7-3)75-95-82(87)69-65-61-57-53-49-45-41-34-30-26-22-18-14-10-6-2/h10-11,14-15,21-28,33-37,39-43,49,53,61,65,79-81,86H,5-9,12-13,16-20,29-32,38,44-48,50-52,54-60,62-64,66-78H2,1-4H3,(H,91,92)(H,93,94)/b14-10-,15-11-,25-21-,26-22-,27-23-,28-24-,37-33-,40-39-,41-34-,42-35-,43-36-,53-49-,65-61-. The lowest BCUT2D eigenvalue weighted by Gasteiger charge is -2.21. The molecule has 0 aromatic rings. The molecule has 0 saturated heterocycles. The van der Waals surface area contributed by atoms with Gasteiger partial charge in [-0.05, 0) is 154 Å². The monoisotopic (exact) mass is 1490 g/mol. The number of hydrogen-bond donors (Lipinski definition) is 3. The Labute approximate surface area is 629 Å². The Bertz CT molecular complexity index is 2590. The van der Waals surface area contributed by atoms with Crippen LogP contribution in [0.4, 0.5) is 0 Å². The highest BCUT2D eigenvalue weighted by molar-refractivity contribution is 7.47. The van der Waals surface area contributed by atoms with E-state index in [1.54, 1.807) is 6.08 Å². The van der Waals surface area contributed by atoms with E-state index in [-0.39, 0.29) is 25.7 Å². The quantitative estimate of drug-likeness (QED) is 0.0169. The molecule has 17 nitrogen and oxygen atoms in total. The zero-order chi connectivity index (χ0) is 76.0. The molecule has 0 amide bonds. The van der Waals surface area contributed by atoms with Crippen molar-refractivity contribution in [2.24, 2.45) is 0 Å². The fourth-order valence-electron chi connectivity index (χ4n) is 9.99. The van der Waals surface area contributed by atoms with Crippen LogP contribution in [0.15, 0.2) is 158 Å². The fourth-order valence-corrected chi connectivity index (χ4v) is 11.6. The fraction of sp³-hybridized carbons (Fsp3) is 0.647. The second kappa shape index (κ2) is 75.9. The van der Waals surface area contributed by atoms with Gasteiger partial charge in [-0.1, -0.05) is 276 Å². The highest BCUT2D eigenvalue weighted by Gasteiger charge is 2.30. The molecule has 0 spiro atoms. The van der Waals surface area contributed by atoms with Crippen LogP contribution < -0.4 is 0 Å². The maximum atomic E-state index is 13.1. The average Bonchev–Trinajstić information content (AvgIpc) is 0.912. The molecule has 0 saturated carbocycles. The predicted octanol–water partition coefficient (Wildman–Crippen LogP) is 23.2. The minimum atomic E-state index is -5.01. The summed E-state index contributed by atoms with van der Waals surface area (Å²) in [6.07, 6.45) is 88.2. The molecule has 0 radical (unpaired) electrons. The number of unbranched alkanes of at least 4 members (excludes halogenated alkanes) is 22. The van der Waals surface area contributed by atoms with Crippen LogP contribution in [-0.4, -0.2) is 96.7 Å². The maximum absolute atomic E-state index is 13.1. The van der Waals surface area contributed by atoms with E-state index < -0.39 is 97.5 Å². The molecular formula is C85H140O17P2. The highest BCUT2D eigenvalue weighted by Crippen LogP contribution is 2.45. The topological polar surface area (TPSA) is 237 Å². The number of carbonyl (C=O) groups is 4. The number of allylic oxidation sites excluding steroid dienone is 25. The van der Waals surface area contributed by atoms with Gasteiger partial charge in [-0.15, -0.1) is 0 Å². The van der Waals surface area contributed by atoms with Crippen molar-refractivity contribution in [1.82, 2.24) is 0 Å². The van der Waals surface area contributed by atoms with Gasteiger partial charge in [0.2, 0.25) is 0 Å². The number of carbonyl (C=O) groups excluding carboxylic acids is 4. The van der Waals surface area contributed by atoms with Crippen molar-refractivity contribution >= 4 is 39.5 Å². The van der Waals surface area contributed by atoms with Gasteiger partial charge < -0.3 is 33.8 Å². The van der Waals surface area contributed by atoms with Crippen molar-refractivity contribution in [2.45, 2.75) is 316 Å². The van der Waals surface area contributed by atoms with E-state index in [0.717, 1.165) is 180 Å². The molecule has 0 aliphatic carbocycles. The molecule has 5 unspecified atom stereocenters. The summed E-state index contributed by atoms with van der Waals surface area (Å²) in [7, 11) is -10.0. The third-order valence-electron chi connectivity index (χ3n) is 16.0. The molecule has 0 rings (SSSR count). The van der Waals surface area contributed by atoms with Gasteiger partial charge >= 0.3 is 39.5 Å². The Morgan fingerprint density at radius 2 is 0.538 bits per heavy atom. The number of hydrogen-bond acceptors (Lipinski definition) is 15.